The number of methoxy groups -OCH3 is 1. The van der Waals surface area contributed by atoms with Crippen LogP contribution in [0.4, 0.5) is 11.6 Å². The molecule has 1 fully saturated rings. The molecule has 0 aromatic carbocycles. The highest BCUT2D eigenvalue weighted by Gasteiger charge is 2.27. The van der Waals surface area contributed by atoms with E-state index in [2.05, 4.69) is 21.8 Å². The standard InChI is InChI=1S/C13H22N4O/c1-8-7-11(18-4)5-6-17(8)13-9(2)12(14)15-10(3)16-13/h8,11H,5-7H2,1-4H3,(H2,14,15,16). The fourth-order valence-electron chi connectivity index (χ4n) is 2.57. The molecule has 0 amide bonds. The van der Waals surface area contributed by atoms with Crippen LogP contribution in [0.15, 0.2) is 0 Å². The molecule has 0 bridgehead atoms. The highest BCUT2D eigenvalue weighted by molar-refractivity contribution is 5.57. The second-order valence-corrected chi connectivity index (χ2v) is 5.03. The minimum atomic E-state index is 0.358. The Bertz CT molecular complexity index is 435. The van der Waals surface area contributed by atoms with Crippen molar-refractivity contribution in [2.75, 3.05) is 24.3 Å². The zero-order valence-electron chi connectivity index (χ0n) is 11.6. The number of nitrogens with two attached hydrogens (primary N) is 1. The van der Waals surface area contributed by atoms with Gasteiger partial charge in [0.1, 0.15) is 17.5 Å². The van der Waals surface area contributed by atoms with E-state index < -0.39 is 0 Å². The van der Waals surface area contributed by atoms with Crippen LogP contribution in [-0.2, 0) is 4.74 Å². The van der Waals surface area contributed by atoms with Gasteiger partial charge in [-0.3, -0.25) is 0 Å². The highest BCUT2D eigenvalue weighted by atomic mass is 16.5. The van der Waals surface area contributed by atoms with Gasteiger partial charge in [-0.25, -0.2) is 9.97 Å². The van der Waals surface area contributed by atoms with E-state index in [9.17, 15) is 0 Å². The average molecular weight is 250 g/mol. The molecular weight excluding hydrogens is 228 g/mol. The predicted octanol–water partition coefficient (Wildman–Crippen LogP) is 1.68. The molecule has 2 heterocycles. The minimum absolute atomic E-state index is 0.358. The number of aryl methyl sites for hydroxylation is 1. The number of hydrogen-bond donors (Lipinski definition) is 1. The summed E-state index contributed by atoms with van der Waals surface area (Å²) in [5, 5.41) is 0. The van der Waals surface area contributed by atoms with Crippen LogP contribution in [0.5, 0.6) is 0 Å². The molecule has 1 aromatic rings. The molecule has 18 heavy (non-hydrogen) atoms. The second kappa shape index (κ2) is 5.10. The maximum atomic E-state index is 5.92. The van der Waals surface area contributed by atoms with Gasteiger partial charge in [0.15, 0.2) is 0 Å². The third-order valence-electron chi connectivity index (χ3n) is 3.70. The molecule has 0 saturated carbocycles. The summed E-state index contributed by atoms with van der Waals surface area (Å²) in [6.45, 7) is 7.03. The molecule has 2 rings (SSSR count). The van der Waals surface area contributed by atoms with Gasteiger partial charge in [-0.1, -0.05) is 0 Å². The lowest BCUT2D eigenvalue weighted by molar-refractivity contribution is 0.0719. The fourth-order valence-corrected chi connectivity index (χ4v) is 2.57. The molecule has 1 saturated heterocycles. The van der Waals surface area contributed by atoms with Gasteiger partial charge in [0, 0.05) is 25.3 Å². The van der Waals surface area contributed by atoms with E-state index in [1.54, 1.807) is 7.11 Å². The summed E-state index contributed by atoms with van der Waals surface area (Å²) in [4.78, 5) is 11.1. The zero-order chi connectivity index (χ0) is 13.3. The van der Waals surface area contributed by atoms with Crippen LogP contribution in [-0.4, -0.2) is 35.8 Å². The number of anilines is 2. The number of piperidine rings is 1. The minimum Gasteiger partial charge on any atom is -0.383 e. The first kappa shape index (κ1) is 13.1. The van der Waals surface area contributed by atoms with Gasteiger partial charge >= 0.3 is 0 Å². The van der Waals surface area contributed by atoms with E-state index in [-0.39, 0.29) is 0 Å². The lowest BCUT2D eigenvalue weighted by Crippen LogP contribution is -2.44. The Morgan fingerprint density at radius 3 is 2.67 bits per heavy atom. The van der Waals surface area contributed by atoms with Crippen LogP contribution in [0, 0.1) is 13.8 Å². The third kappa shape index (κ3) is 2.41. The van der Waals surface area contributed by atoms with Crippen molar-refractivity contribution < 1.29 is 4.74 Å². The Kier molecular flexibility index (Phi) is 3.71. The fraction of sp³-hybridized carbons (Fsp3) is 0.692. The van der Waals surface area contributed by atoms with Crippen LogP contribution in [0.3, 0.4) is 0 Å². The first-order valence-corrected chi connectivity index (χ1v) is 6.43. The molecule has 0 spiro atoms. The summed E-state index contributed by atoms with van der Waals surface area (Å²) in [6.07, 6.45) is 2.42. The molecule has 1 aromatic heterocycles. The molecule has 2 N–H and O–H groups in total. The summed E-state index contributed by atoms with van der Waals surface area (Å²) in [7, 11) is 1.78. The maximum Gasteiger partial charge on any atom is 0.137 e. The Labute approximate surface area is 108 Å². The molecule has 0 radical (unpaired) electrons. The van der Waals surface area contributed by atoms with Crippen molar-refractivity contribution in [3.05, 3.63) is 11.4 Å². The van der Waals surface area contributed by atoms with E-state index in [4.69, 9.17) is 10.5 Å². The summed E-state index contributed by atoms with van der Waals surface area (Å²) in [5.74, 6) is 2.29. The molecule has 1 aliphatic rings. The highest BCUT2D eigenvalue weighted by Crippen LogP contribution is 2.28. The number of rotatable bonds is 2. The van der Waals surface area contributed by atoms with Gasteiger partial charge in [0.25, 0.3) is 0 Å². The largest absolute Gasteiger partial charge is 0.383 e. The quantitative estimate of drug-likeness (QED) is 0.865. The van der Waals surface area contributed by atoms with Crippen molar-refractivity contribution in [1.82, 2.24) is 9.97 Å². The summed E-state index contributed by atoms with van der Waals surface area (Å²) in [5.41, 5.74) is 6.90. The Morgan fingerprint density at radius 2 is 2.06 bits per heavy atom. The van der Waals surface area contributed by atoms with Crippen molar-refractivity contribution in [3.63, 3.8) is 0 Å². The van der Waals surface area contributed by atoms with Gasteiger partial charge in [0.2, 0.25) is 0 Å². The van der Waals surface area contributed by atoms with E-state index in [1.807, 2.05) is 13.8 Å². The molecule has 5 nitrogen and oxygen atoms in total. The van der Waals surface area contributed by atoms with Gasteiger partial charge in [-0.05, 0) is 33.6 Å². The Hall–Kier alpha value is -1.36. The molecule has 2 unspecified atom stereocenters. The van der Waals surface area contributed by atoms with Gasteiger partial charge < -0.3 is 15.4 Å². The van der Waals surface area contributed by atoms with Crippen molar-refractivity contribution in [2.45, 2.75) is 45.8 Å². The van der Waals surface area contributed by atoms with E-state index in [1.165, 1.54) is 0 Å². The van der Waals surface area contributed by atoms with Crippen LogP contribution >= 0.6 is 0 Å². The van der Waals surface area contributed by atoms with Crippen molar-refractivity contribution in [3.8, 4) is 0 Å². The topological polar surface area (TPSA) is 64.3 Å². The van der Waals surface area contributed by atoms with Crippen LogP contribution in [0.1, 0.15) is 31.2 Å². The van der Waals surface area contributed by atoms with Crippen molar-refractivity contribution >= 4 is 11.6 Å². The van der Waals surface area contributed by atoms with Gasteiger partial charge in [-0.2, -0.15) is 0 Å². The summed E-state index contributed by atoms with van der Waals surface area (Å²) in [6, 6.07) is 0.413. The zero-order valence-corrected chi connectivity index (χ0v) is 11.6. The Morgan fingerprint density at radius 1 is 1.33 bits per heavy atom. The average Bonchev–Trinajstić information content (AvgIpc) is 2.34. The number of aromatic nitrogens is 2. The van der Waals surface area contributed by atoms with E-state index in [0.717, 1.165) is 36.6 Å². The number of nitrogen functional groups attached to an aromatic ring is 1. The number of hydrogen-bond acceptors (Lipinski definition) is 5. The first-order chi connectivity index (χ1) is 8.52. The van der Waals surface area contributed by atoms with Crippen LogP contribution in [0.2, 0.25) is 0 Å². The predicted molar refractivity (Wildman–Crippen MR) is 72.8 cm³/mol. The summed E-state index contributed by atoms with van der Waals surface area (Å²) < 4.78 is 5.44. The molecule has 5 heteroatoms. The summed E-state index contributed by atoms with van der Waals surface area (Å²) >= 11 is 0. The molecule has 1 aliphatic heterocycles. The van der Waals surface area contributed by atoms with Crippen LogP contribution in [0.25, 0.3) is 0 Å². The third-order valence-corrected chi connectivity index (χ3v) is 3.70. The molecule has 0 aliphatic carbocycles. The van der Waals surface area contributed by atoms with Crippen LogP contribution < -0.4 is 10.6 Å². The lowest BCUT2D eigenvalue weighted by atomic mass is 10.00. The SMILES string of the molecule is COC1CCN(c2nc(C)nc(N)c2C)C(C)C1. The Balaban J connectivity index is 2.27. The molecule has 100 valence electrons. The van der Waals surface area contributed by atoms with E-state index >= 15 is 0 Å². The molecule has 2 atom stereocenters. The second-order valence-electron chi connectivity index (χ2n) is 5.03. The van der Waals surface area contributed by atoms with E-state index in [0.29, 0.717) is 18.0 Å². The smallest absolute Gasteiger partial charge is 0.137 e. The van der Waals surface area contributed by atoms with Gasteiger partial charge in [-0.15, -0.1) is 0 Å². The van der Waals surface area contributed by atoms with Gasteiger partial charge in [0.05, 0.1) is 6.10 Å². The first-order valence-electron chi connectivity index (χ1n) is 6.43. The number of nitrogens with zero attached hydrogens (tertiary/aromatic N) is 3. The van der Waals surface area contributed by atoms with Crippen molar-refractivity contribution in [2.24, 2.45) is 0 Å². The normalized spacial score (nSPS) is 24.3. The lowest BCUT2D eigenvalue weighted by Gasteiger charge is -2.38. The number of ether oxygens (including phenoxy) is 1. The maximum absolute atomic E-state index is 5.92. The monoisotopic (exact) mass is 250 g/mol. The molecular formula is C13H22N4O. The van der Waals surface area contributed by atoms with Crippen molar-refractivity contribution in [1.29, 1.82) is 0 Å².